The molecule has 4 nitrogen and oxygen atoms in total. The van der Waals surface area contributed by atoms with Gasteiger partial charge >= 0.3 is 0 Å². The Morgan fingerprint density at radius 2 is 2.20 bits per heavy atom. The van der Waals surface area contributed by atoms with Crippen molar-refractivity contribution >= 4 is 18.2 Å². The molecule has 0 atom stereocenters. The van der Waals surface area contributed by atoms with Crippen LogP contribution in [0.15, 0.2) is 13.2 Å². The van der Waals surface area contributed by atoms with Gasteiger partial charge in [0.25, 0.3) is 0 Å². The van der Waals surface area contributed by atoms with Gasteiger partial charge in [-0.1, -0.05) is 13.2 Å². The van der Waals surface area contributed by atoms with Crippen LogP contribution in [-0.4, -0.2) is 14.8 Å². The van der Waals surface area contributed by atoms with Gasteiger partial charge in [-0.15, -0.1) is 5.10 Å². The van der Waals surface area contributed by atoms with Crippen molar-refractivity contribution in [2.24, 2.45) is 0 Å². The molecule has 0 spiro atoms. The van der Waals surface area contributed by atoms with Crippen molar-refractivity contribution in [1.29, 1.82) is 0 Å². The summed E-state index contributed by atoms with van der Waals surface area (Å²) in [4.78, 5) is 3.84. The predicted molar refractivity (Wildman–Crippen MR) is 40.9 cm³/mol. The first kappa shape index (κ1) is 6.54. The van der Waals surface area contributed by atoms with Crippen LogP contribution in [0.25, 0.3) is 12.3 Å². The van der Waals surface area contributed by atoms with Gasteiger partial charge in [0.05, 0.1) is 0 Å². The molecule has 1 rings (SSSR count). The van der Waals surface area contributed by atoms with Crippen molar-refractivity contribution in [1.82, 2.24) is 14.8 Å². The van der Waals surface area contributed by atoms with E-state index in [2.05, 4.69) is 23.2 Å². The third kappa shape index (κ3) is 0.907. The van der Waals surface area contributed by atoms with E-state index >= 15 is 0 Å². The highest BCUT2D eigenvalue weighted by Gasteiger charge is 1.98. The summed E-state index contributed by atoms with van der Waals surface area (Å²) < 4.78 is 1.46. The molecule has 0 aliphatic heterocycles. The normalized spacial score (nSPS) is 9.20. The van der Waals surface area contributed by atoms with E-state index in [0.717, 1.165) is 0 Å². The lowest BCUT2D eigenvalue weighted by molar-refractivity contribution is 0.928. The Kier molecular flexibility index (Phi) is 1.53. The summed E-state index contributed by atoms with van der Waals surface area (Å²) >= 11 is 0. The van der Waals surface area contributed by atoms with Gasteiger partial charge in [-0.2, -0.15) is 4.98 Å². The second kappa shape index (κ2) is 2.34. The van der Waals surface area contributed by atoms with Gasteiger partial charge in [-0.05, 0) is 6.08 Å². The second-order valence-corrected chi connectivity index (χ2v) is 1.66. The van der Waals surface area contributed by atoms with Gasteiger partial charge < -0.3 is 5.73 Å². The molecule has 0 saturated heterocycles. The van der Waals surface area contributed by atoms with Crippen LogP contribution in [0.1, 0.15) is 5.82 Å². The topological polar surface area (TPSA) is 56.7 Å². The third-order valence-electron chi connectivity index (χ3n) is 1.03. The summed E-state index contributed by atoms with van der Waals surface area (Å²) in [6, 6.07) is 0. The molecule has 1 heterocycles. The zero-order chi connectivity index (χ0) is 7.56. The van der Waals surface area contributed by atoms with Crippen molar-refractivity contribution in [2.75, 3.05) is 5.73 Å². The zero-order valence-electron chi connectivity index (χ0n) is 5.49. The van der Waals surface area contributed by atoms with Gasteiger partial charge in [0, 0.05) is 6.20 Å². The van der Waals surface area contributed by atoms with Crippen LogP contribution in [0.3, 0.4) is 0 Å². The molecule has 0 aromatic carbocycles. The molecule has 1 aromatic rings. The van der Waals surface area contributed by atoms with E-state index in [9.17, 15) is 0 Å². The van der Waals surface area contributed by atoms with E-state index < -0.39 is 0 Å². The summed E-state index contributed by atoms with van der Waals surface area (Å²) in [6.45, 7) is 7.04. The summed E-state index contributed by atoms with van der Waals surface area (Å²) in [7, 11) is 0. The Balaban J connectivity index is 3.20. The molecule has 0 amide bonds. The number of anilines is 1. The van der Waals surface area contributed by atoms with E-state index in [4.69, 9.17) is 5.73 Å². The number of aromatic nitrogens is 3. The van der Waals surface area contributed by atoms with E-state index in [-0.39, 0.29) is 5.95 Å². The standard InChI is InChI=1S/C6H8N4/c1-3-5-8-6(7)9-10(5)4-2/h3-4H,1-2H2,(H2,7,9). The minimum absolute atomic E-state index is 0.231. The molecule has 2 N–H and O–H groups in total. The van der Waals surface area contributed by atoms with E-state index in [1.807, 2.05) is 0 Å². The van der Waals surface area contributed by atoms with Crippen molar-refractivity contribution in [3.05, 3.63) is 19.0 Å². The quantitative estimate of drug-likeness (QED) is 0.647. The fourth-order valence-electron chi connectivity index (χ4n) is 0.626. The van der Waals surface area contributed by atoms with Gasteiger partial charge in [-0.3, -0.25) is 0 Å². The molecule has 0 saturated carbocycles. The first-order chi connectivity index (χ1) is 4.77. The number of hydrogen-bond acceptors (Lipinski definition) is 3. The van der Waals surface area contributed by atoms with E-state index in [0.29, 0.717) is 5.82 Å². The van der Waals surface area contributed by atoms with Crippen molar-refractivity contribution in [2.45, 2.75) is 0 Å². The summed E-state index contributed by atoms with van der Waals surface area (Å²) in [5.74, 6) is 0.835. The summed E-state index contributed by atoms with van der Waals surface area (Å²) in [5, 5.41) is 3.79. The zero-order valence-corrected chi connectivity index (χ0v) is 5.49. The molecule has 0 bridgehead atoms. The number of hydrogen-bond donors (Lipinski definition) is 1. The molecule has 0 fully saturated rings. The summed E-state index contributed by atoms with van der Waals surface area (Å²) in [6.07, 6.45) is 3.07. The van der Waals surface area contributed by atoms with Gasteiger partial charge in [0.2, 0.25) is 5.95 Å². The summed E-state index contributed by atoms with van der Waals surface area (Å²) in [5.41, 5.74) is 5.29. The van der Waals surface area contributed by atoms with Crippen LogP contribution in [0.5, 0.6) is 0 Å². The third-order valence-corrected chi connectivity index (χ3v) is 1.03. The Hall–Kier alpha value is -1.58. The molecule has 1 aromatic heterocycles. The van der Waals surface area contributed by atoms with Crippen LogP contribution < -0.4 is 5.73 Å². The molecule has 0 aliphatic carbocycles. The maximum absolute atomic E-state index is 5.29. The Bertz CT molecular complexity index is 235. The smallest absolute Gasteiger partial charge is 0.240 e. The maximum Gasteiger partial charge on any atom is 0.240 e. The number of nitrogen functional groups attached to an aromatic ring is 1. The van der Waals surface area contributed by atoms with E-state index in [1.165, 1.54) is 10.9 Å². The van der Waals surface area contributed by atoms with Gasteiger partial charge in [0.15, 0.2) is 5.82 Å². The first-order valence-corrected chi connectivity index (χ1v) is 2.75. The minimum Gasteiger partial charge on any atom is -0.366 e. The molecule has 4 heteroatoms. The SMILES string of the molecule is C=Cc1nc(N)nn1C=C. The van der Waals surface area contributed by atoms with Crippen molar-refractivity contribution in [3.63, 3.8) is 0 Å². The highest BCUT2D eigenvalue weighted by Crippen LogP contribution is 2.00. The van der Waals surface area contributed by atoms with Crippen LogP contribution >= 0.6 is 0 Å². The fraction of sp³-hybridized carbons (Fsp3) is 0. The Morgan fingerprint density at radius 3 is 2.60 bits per heavy atom. The number of nitrogens with zero attached hydrogens (tertiary/aromatic N) is 3. The lowest BCUT2D eigenvalue weighted by atomic mass is 10.6. The number of rotatable bonds is 2. The molecule has 0 unspecified atom stereocenters. The second-order valence-electron chi connectivity index (χ2n) is 1.66. The molecule has 10 heavy (non-hydrogen) atoms. The average Bonchev–Trinajstić information content (AvgIpc) is 2.30. The highest BCUT2D eigenvalue weighted by molar-refractivity contribution is 5.42. The molecule has 52 valence electrons. The molecule has 0 aliphatic rings. The lowest BCUT2D eigenvalue weighted by Crippen LogP contribution is -1.91. The Morgan fingerprint density at radius 1 is 1.50 bits per heavy atom. The van der Waals surface area contributed by atoms with Crippen LogP contribution in [0, 0.1) is 0 Å². The first-order valence-electron chi connectivity index (χ1n) is 2.75. The fourth-order valence-corrected chi connectivity index (χ4v) is 0.626. The van der Waals surface area contributed by atoms with Crippen LogP contribution in [0.2, 0.25) is 0 Å². The maximum atomic E-state index is 5.29. The minimum atomic E-state index is 0.231. The monoisotopic (exact) mass is 136 g/mol. The van der Waals surface area contributed by atoms with Crippen LogP contribution in [0.4, 0.5) is 5.95 Å². The molecular weight excluding hydrogens is 128 g/mol. The van der Waals surface area contributed by atoms with E-state index in [1.54, 1.807) is 6.08 Å². The van der Waals surface area contributed by atoms with Crippen LogP contribution in [-0.2, 0) is 0 Å². The lowest BCUT2D eigenvalue weighted by Gasteiger charge is -1.88. The Labute approximate surface area is 58.7 Å². The van der Waals surface area contributed by atoms with Crippen molar-refractivity contribution in [3.8, 4) is 0 Å². The van der Waals surface area contributed by atoms with Crippen molar-refractivity contribution < 1.29 is 0 Å². The molecular formula is C6H8N4. The van der Waals surface area contributed by atoms with Gasteiger partial charge in [0.1, 0.15) is 0 Å². The van der Waals surface area contributed by atoms with Gasteiger partial charge in [-0.25, -0.2) is 4.68 Å². The number of nitrogens with two attached hydrogens (primary N) is 1. The highest BCUT2D eigenvalue weighted by atomic mass is 15.4. The largest absolute Gasteiger partial charge is 0.366 e. The predicted octanol–water partition coefficient (Wildman–Crippen LogP) is 0.604. The average molecular weight is 136 g/mol. The molecule has 0 radical (unpaired) electrons.